The van der Waals surface area contributed by atoms with E-state index in [4.69, 9.17) is 14.2 Å². The molecule has 34 heavy (non-hydrogen) atoms. The summed E-state index contributed by atoms with van der Waals surface area (Å²) in [6, 6.07) is 24.7. The highest BCUT2D eigenvalue weighted by atomic mass is 16.6. The second-order valence-corrected chi connectivity index (χ2v) is 8.98. The van der Waals surface area contributed by atoms with Gasteiger partial charge in [-0.15, -0.1) is 0 Å². The van der Waals surface area contributed by atoms with Crippen LogP contribution >= 0.6 is 0 Å². The van der Waals surface area contributed by atoms with Crippen molar-refractivity contribution in [3.63, 3.8) is 0 Å². The number of aromatic nitrogens is 1. The summed E-state index contributed by atoms with van der Waals surface area (Å²) in [6.45, 7) is 7.67. The van der Waals surface area contributed by atoms with Crippen molar-refractivity contribution in [1.82, 2.24) is 4.57 Å². The lowest BCUT2D eigenvalue weighted by molar-refractivity contribution is 0.0543. The molecule has 4 aromatic rings. The predicted molar refractivity (Wildman–Crippen MR) is 130 cm³/mol. The highest BCUT2D eigenvalue weighted by molar-refractivity contribution is 5.96. The number of nitriles is 1. The fraction of sp³-hybridized carbons (Fsp3) is 0.214. The molecule has 0 aliphatic carbocycles. The van der Waals surface area contributed by atoms with Crippen LogP contribution in [0.1, 0.15) is 37.6 Å². The number of para-hydroxylation sites is 2. The lowest BCUT2D eigenvalue weighted by Crippen LogP contribution is -2.27. The van der Waals surface area contributed by atoms with Crippen molar-refractivity contribution in [1.29, 1.82) is 5.26 Å². The largest absolute Gasteiger partial charge is 0.485 e. The minimum Gasteiger partial charge on any atom is -0.485 e. The molecule has 0 fully saturated rings. The van der Waals surface area contributed by atoms with Gasteiger partial charge in [-0.3, -0.25) is 0 Å². The molecule has 0 radical (unpaired) electrons. The van der Waals surface area contributed by atoms with Gasteiger partial charge in [0.1, 0.15) is 29.7 Å². The average Bonchev–Trinajstić information content (AvgIpc) is 3.17. The molecule has 6 heteroatoms. The minimum absolute atomic E-state index is 0.174. The Morgan fingerprint density at radius 3 is 2.29 bits per heavy atom. The third-order valence-electron chi connectivity index (χ3n) is 5.02. The molecule has 1 aromatic heterocycles. The monoisotopic (exact) mass is 454 g/mol. The molecular weight excluding hydrogens is 428 g/mol. The number of hydrogen-bond acceptors (Lipinski definition) is 5. The number of nitrogens with zero attached hydrogens (tertiary/aromatic N) is 2. The molecule has 3 aromatic carbocycles. The Kier molecular flexibility index (Phi) is 6.29. The first-order valence-corrected chi connectivity index (χ1v) is 11.0. The van der Waals surface area contributed by atoms with E-state index in [9.17, 15) is 10.1 Å². The van der Waals surface area contributed by atoms with Crippen molar-refractivity contribution in [2.45, 2.75) is 39.9 Å². The summed E-state index contributed by atoms with van der Waals surface area (Å²) in [5, 5.41) is 10.3. The molecule has 1 heterocycles. The normalized spacial score (nSPS) is 11.1. The van der Waals surface area contributed by atoms with Gasteiger partial charge in [0.2, 0.25) is 0 Å². The van der Waals surface area contributed by atoms with Gasteiger partial charge < -0.3 is 14.2 Å². The van der Waals surface area contributed by atoms with Crippen LogP contribution in [-0.2, 0) is 11.3 Å². The van der Waals surface area contributed by atoms with Gasteiger partial charge in [-0.05, 0) is 69.2 Å². The Morgan fingerprint density at radius 1 is 0.941 bits per heavy atom. The van der Waals surface area contributed by atoms with Gasteiger partial charge in [0.15, 0.2) is 11.5 Å². The zero-order valence-corrected chi connectivity index (χ0v) is 19.7. The van der Waals surface area contributed by atoms with Crippen LogP contribution in [0.5, 0.6) is 17.2 Å². The number of hydrogen-bond donors (Lipinski definition) is 0. The molecule has 4 rings (SSSR count). The Balaban J connectivity index is 1.71. The molecule has 0 bridgehead atoms. The van der Waals surface area contributed by atoms with Crippen molar-refractivity contribution in [3.05, 3.63) is 89.6 Å². The third kappa shape index (κ3) is 5.05. The average molecular weight is 455 g/mol. The van der Waals surface area contributed by atoms with Crippen molar-refractivity contribution in [2.75, 3.05) is 0 Å². The van der Waals surface area contributed by atoms with Crippen LogP contribution in [0.15, 0.2) is 72.8 Å². The smallest absolute Gasteiger partial charge is 0.420 e. The van der Waals surface area contributed by atoms with E-state index in [0.717, 1.165) is 11.1 Å². The second-order valence-electron chi connectivity index (χ2n) is 8.98. The van der Waals surface area contributed by atoms with E-state index in [-0.39, 0.29) is 5.69 Å². The number of benzene rings is 3. The quantitative estimate of drug-likeness (QED) is 0.325. The molecule has 0 aliphatic heterocycles. The molecule has 0 unspecified atom stereocenters. The maximum Gasteiger partial charge on any atom is 0.420 e. The van der Waals surface area contributed by atoms with E-state index in [1.165, 1.54) is 4.57 Å². The predicted octanol–water partition coefficient (Wildman–Crippen LogP) is 6.98. The fourth-order valence-corrected chi connectivity index (χ4v) is 3.59. The summed E-state index contributed by atoms with van der Waals surface area (Å²) >= 11 is 0. The zero-order valence-electron chi connectivity index (χ0n) is 19.7. The lowest BCUT2D eigenvalue weighted by atomic mass is 10.1. The van der Waals surface area contributed by atoms with E-state index in [1.54, 1.807) is 26.8 Å². The van der Waals surface area contributed by atoms with Crippen molar-refractivity contribution >= 4 is 17.0 Å². The number of fused-ring (bicyclic) bond motifs is 1. The number of carbonyl (C=O) groups is 1. The van der Waals surface area contributed by atoms with Gasteiger partial charge in [0.05, 0.1) is 5.52 Å². The highest BCUT2D eigenvalue weighted by Crippen LogP contribution is 2.37. The number of ether oxygens (including phenoxy) is 3. The number of rotatable bonds is 5. The molecule has 0 spiro atoms. The van der Waals surface area contributed by atoms with Crippen LogP contribution < -0.4 is 9.47 Å². The Hall–Kier alpha value is -4.24. The van der Waals surface area contributed by atoms with Crippen LogP contribution in [0.25, 0.3) is 10.9 Å². The highest BCUT2D eigenvalue weighted by Gasteiger charge is 2.24. The Labute approximate surface area is 198 Å². The SMILES string of the molecule is Cc1cc(Oc2ccccc2OCc2ccccc2)c2cc(C#N)n(C(=O)OC(C)(C)C)c2c1. The van der Waals surface area contributed by atoms with Gasteiger partial charge in [-0.25, -0.2) is 9.36 Å². The summed E-state index contributed by atoms with van der Waals surface area (Å²) in [5.41, 5.74) is 1.94. The third-order valence-corrected chi connectivity index (χ3v) is 5.02. The molecule has 0 saturated heterocycles. The molecule has 0 N–H and O–H groups in total. The first-order chi connectivity index (χ1) is 16.2. The molecule has 0 aliphatic rings. The van der Waals surface area contributed by atoms with Crippen molar-refractivity contribution in [2.24, 2.45) is 0 Å². The maximum atomic E-state index is 12.9. The molecule has 0 saturated carbocycles. The lowest BCUT2D eigenvalue weighted by Gasteiger charge is -2.20. The summed E-state index contributed by atoms with van der Waals surface area (Å²) in [4.78, 5) is 12.9. The second kappa shape index (κ2) is 9.32. The van der Waals surface area contributed by atoms with Gasteiger partial charge >= 0.3 is 6.09 Å². The fourth-order valence-electron chi connectivity index (χ4n) is 3.59. The van der Waals surface area contributed by atoms with E-state index in [2.05, 4.69) is 6.07 Å². The molecule has 172 valence electrons. The summed E-state index contributed by atoms with van der Waals surface area (Å²) in [6.07, 6.45) is -0.609. The minimum atomic E-state index is -0.696. The molecule has 6 nitrogen and oxygen atoms in total. The van der Waals surface area contributed by atoms with Crippen molar-refractivity contribution < 1.29 is 19.0 Å². The topological polar surface area (TPSA) is 73.5 Å². The van der Waals surface area contributed by atoms with E-state index >= 15 is 0 Å². The number of carbonyl (C=O) groups excluding carboxylic acids is 1. The van der Waals surface area contributed by atoms with Crippen LogP contribution in [0.3, 0.4) is 0 Å². The van der Waals surface area contributed by atoms with Crippen LogP contribution in [-0.4, -0.2) is 16.3 Å². The molecule has 0 amide bonds. The molecule has 0 atom stereocenters. The van der Waals surface area contributed by atoms with E-state index in [0.29, 0.717) is 34.8 Å². The van der Waals surface area contributed by atoms with E-state index < -0.39 is 11.7 Å². The summed E-state index contributed by atoms with van der Waals surface area (Å²) in [7, 11) is 0. The Morgan fingerprint density at radius 2 is 1.62 bits per heavy atom. The standard InChI is InChI=1S/C28H26N2O4/c1-19-14-23-22(16-21(17-29)30(23)27(31)34-28(2,3)4)26(15-19)33-25-13-9-8-12-24(25)32-18-20-10-6-5-7-11-20/h5-16H,18H2,1-4H3. The van der Waals surface area contributed by atoms with Crippen LogP contribution in [0.4, 0.5) is 4.79 Å². The van der Waals surface area contributed by atoms with Gasteiger partial charge in [-0.2, -0.15) is 5.26 Å². The van der Waals surface area contributed by atoms with Gasteiger partial charge in [-0.1, -0.05) is 42.5 Å². The van der Waals surface area contributed by atoms with E-state index in [1.807, 2.05) is 73.7 Å². The zero-order chi connectivity index (χ0) is 24.3. The van der Waals surface area contributed by atoms with Crippen LogP contribution in [0.2, 0.25) is 0 Å². The van der Waals surface area contributed by atoms with Gasteiger partial charge in [0, 0.05) is 5.39 Å². The van der Waals surface area contributed by atoms with Gasteiger partial charge in [0.25, 0.3) is 0 Å². The van der Waals surface area contributed by atoms with Crippen molar-refractivity contribution in [3.8, 4) is 23.3 Å². The summed E-state index contributed by atoms with van der Waals surface area (Å²) < 4.78 is 19.1. The first-order valence-electron chi connectivity index (χ1n) is 11.0. The Bertz CT molecular complexity index is 1380. The summed E-state index contributed by atoms with van der Waals surface area (Å²) in [5.74, 6) is 1.64. The maximum absolute atomic E-state index is 12.9. The first kappa shape index (κ1) is 22.9. The number of aryl methyl sites for hydroxylation is 1. The molecular formula is C28H26N2O4. The van der Waals surface area contributed by atoms with Crippen LogP contribution in [0, 0.1) is 18.3 Å².